The van der Waals surface area contributed by atoms with Crippen LogP contribution in [0.4, 0.5) is 0 Å². The van der Waals surface area contributed by atoms with E-state index in [2.05, 4.69) is 4.99 Å². The molecule has 3 aliphatic rings. The molecule has 1 amide bonds. The second-order valence-electron chi connectivity index (χ2n) is 4.91. The van der Waals surface area contributed by atoms with Crippen molar-refractivity contribution in [3.8, 4) is 11.5 Å². The third kappa shape index (κ3) is 3.15. The van der Waals surface area contributed by atoms with Gasteiger partial charge in [0.15, 0.2) is 21.3 Å². The Morgan fingerprint density at radius 1 is 1.29 bits per heavy atom. The number of hydrogen-bond donors (Lipinski definition) is 0. The van der Waals surface area contributed by atoms with E-state index in [9.17, 15) is 13.2 Å². The van der Waals surface area contributed by atoms with Crippen molar-refractivity contribution in [2.24, 2.45) is 4.99 Å². The lowest BCUT2D eigenvalue weighted by atomic mass is 10.3. The molecule has 3 heterocycles. The molecule has 0 bridgehead atoms. The number of carbonyl (C=O) groups is 1. The quantitative estimate of drug-likeness (QED) is 0.723. The summed E-state index contributed by atoms with van der Waals surface area (Å²) in [5.41, 5.74) is -0.882. The molecule has 0 saturated carbocycles. The fourth-order valence-corrected chi connectivity index (χ4v) is 2.71. The summed E-state index contributed by atoms with van der Waals surface area (Å²) in [5, 5.41) is 0. The Kier molecular flexibility index (Phi) is 3.32. The van der Waals surface area contributed by atoms with Gasteiger partial charge in [-0.05, 0) is 12.1 Å². The minimum atomic E-state index is -3.23. The van der Waals surface area contributed by atoms with Crippen molar-refractivity contribution >= 4 is 21.8 Å². The lowest BCUT2D eigenvalue weighted by molar-refractivity contribution is -0.118. The molecule has 0 N–H and O–H groups in total. The number of para-hydroxylation sites is 2. The fraction of sp³-hybridized carbons (Fsp3) is 0.385. The molecule has 21 heavy (non-hydrogen) atoms. The van der Waals surface area contributed by atoms with E-state index in [-0.39, 0.29) is 18.5 Å². The number of benzene rings is 1. The predicted molar refractivity (Wildman–Crippen MR) is 74.9 cm³/mol. The Hall–Kier alpha value is -2.09. The van der Waals surface area contributed by atoms with Crippen LogP contribution in [0.5, 0.6) is 11.5 Å². The number of aliphatic imine (C=N–C) groups is 1. The van der Waals surface area contributed by atoms with Crippen molar-refractivity contribution in [3.05, 3.63) is 24.3 Å². The molecule has 0 radical (unpaired) electrons. The summed E-state index contributed by atoms with van der Waals surface area (Å²) in [6.07, 6.45) is 1.43. The van der Waals surface area contributed by atoms with Crippen LogP contribution >= 0.6 is 0 Å². The van der Waals surface area contributed by atoms with E-state index in [0.717, 1.165) is 17.8 Å². The first-order valence-corrected chi connectivity index (χ1v) is 8.38. The average Bonchev–Trinajstić information content (AvgIpc) is 3.08. The molecule has 1 saturated heterocycles. The molecule has 3 aliphatic heterocycles. The van der Waals surface area contributed by atoms with Gasteiger partial charge in [0.25, 0.3) is 11.9 Å². The molecule has 4 rings (SSSR count). The van der Waals surface area contributed by atoms with Gasteiger partial charge < -0.3 is 14.4 Å². The van der Waals surface area contributed by atoms with E-state index in [1.165, 1.54) is 0 Å². The third-order valence-corrected chi connectivity index (χ3v) is 4.40. The second-order valence-corrected chi connectivity index (χ2v) is 7.09. The molecule has 0 spiro atoms. The second kappa shape index (κ2) is 5.03. The number of sulfone groups is 1. The molecule has 7 nitrogen and oxygen atoms in total. The zero-order valence-electron chi connectivity index (χ0n) is 11.4. The van der Waals surface area contributed by atoms with Crippen LogP contribution in [0.25, 0.3) is 0 Å². The van der Waals surface area contributed by atoms with Crippen molar-refractivity contribution in [3.63, 3.8) is 0 Å². The van der Waals surface area contributed by atoms with Gasteiger partial charge in [0.2, 0.25) is 5.44 Å². The Labute approximate surface area is 122 Å². The monoisotopic (exact) mass is 310 g/mol. The summed E-state index contributed by atoms with van der Waals surface area (Å²) in [5.74, 6) is 1.80. The first-order valence-electron chi connectivity index (χ1n) is 6.42. The molecular formula is C13H14N2O5S. The lowest BCUT2D eigenvalue weighted by Gasteiger charge is -2.17. The Morgan fingerprint density at radius 3 is 2.52 bits per heavy atom. The maximum absolute atomic E-state index is 11.2. The van der Waals surface area contributed by atoms with E-state index >= 15 is 0 Å². The highest BCUT2D eigenvalue weighted by Gasteiger charge is 2.38. The molecule has 1 aromatic carbocycles. The molecule has 1 aromatic rings. The average molecular weight is 310 g/mol. The molecule has 8 heteroatoms. The van der Waals surface area contributed by atoms with Gasteiger partial charge in [-0.15, -0.1) is 0 Å². The maximum atomic E-state index is 11.2. The molecule has 0 aromatic heterocycles. The van der Waals surface area contributed by atoms with Crippen LogP contribution in [-0.4, -0.2) is 50.0 Å². The van der Waals surface area contributed by atoms with Crippen LogP contribution in [-0.2, 0) is 19.4 Å². The lowest BCUT2D eigenvalue weighted by Crippen LogP contribution is -2.33. The van der Waals surface area contributed by atoms with Crippen molar-refractivity contribution in [2.75, 3.05) is 19.3 Å². The van der Waals surface area contributed by atoms with E-state index in [1.54, 1.807) is 4.90 Å². The van der Waals surface area contributed by atoms with Gasteiger partial charge in [0.1, 0.15) is 0 Å². The molecule has 112 valence electrons. The summed E-state index contributed by atoms with van der Waals surface area (Å²) in [6, 6.07) is 7.99. The summed E-state index contributed by atoms with van der Waals surface area (Å²) in [7, 11) is -3.23. The highest BCUT2D eigenvalue weighted by molar-refractivity contribution is 7.91. The number of fused-ring (bicyclic) bond motifs is 2. The summed E-state index contributed by atoms with van der Waals surface area (Å²) < 4.78 is 32.3. The van der Waals surface area contributed by atoms with Gasteiger partial charge >= 0.3 is 0 Å². The highest BCUT2D eigenvalue weighted by Crippen LogP contribution is 2.43. The first kappa shape index (κ1) is 13.9. The number of hydrogen-bond acceptors (Lipinski definition) is 6. The van der Waals surface area contributed by atoms with E-state index in [4.69, 9.17) is 9.47 Å². The number of rotatable bonds is 1. The Morgan fingerprint density at radius 2 is 1.95 bits per heavy atom. The number of amides is 1. The van der Waals surface area contributed by atoms with Crippen LogP contribution in [0, 0.1) is 0 Å². The topological polar surface area (TPSA) is 88.6 Å². The molecule has 0 aliphatic carbocycles. The summed E-state index contributed by atoms with van der Waals surface area (Å²) >= 11 is 0. The number of nitrogens with zero attached hydrogens (tertiary/aromatic N) is 2. The molecule has 1 fully saturated rings. The first-order chi connectivity index (χ1) is 9.93. The minimum absolute atomic E-state index is 0.150. The third-order valence-electron chi connectivity index (χ3n) is 3.20. The van der Waals surface area contributed by atoms with Gasteiger partial charge in [-0.1, -0.05) is 12.1 Å². The van der Waals surface area contributed by atoms with Crippen LogP contribution in [0.1, 0.15) is 6.42 Å². The Bertz CT molecular complexity index is 692. The van der Waals surface area contributed by atoms with Crippen molar-refractivity contribution in [1.29, 1.82) is 0 Å². The van der Waals surface area contributed by atoms with Crippen LogP contribution in [0.15, 0.2) is 29.3 Å². The van der Waals surface area contributed by atoms with Gasteiger partial charge in [0.05, 0.1) is 6.54 Å². The van der Waals surface area contributed by atoms with Gasteiger partial charge in [-0.2, -0.15) is 4.99 Å². The van der Waals surface area contributed by atoms with Crippen LogP contribution in [0.2, 0.25) is 0 Å². The van der Waals surface area contributed by atoms with E-state index < -0.39 is 15.3 Å². The highest BCUT2D eigenvalue weighted by atomic mass is 32.2. The van der Waals surface area contributed by atoms with E-state index in [1.807, 2.05) is 24.3 Å². The largest absolute Gasteiger partial charge is 0.450 e. The number of carbonyl (C=O) groups excluding carboxylic acids is 1. The minimum Gasteiger partial charge on any atom is -0.450 e. The molecule has 1 atom stereocenters. The maximum Gasteiger partial charge on any atom is 0.296 e. The van der Waals surface area contributed by atoms with Crippen LogP contribution < -0.4 is 4.74 Å². The Balaban J connectivity index is 0.000000156. The summed E-state index contributed by atoms with van der Waals surface area (Å²) in [6.45, 7) is 0.759. The van der Waals surface area contributed by atoms with Crippen LogP contribution in [0.3, 0.4) is 0 Å². The zero-order chi connectivity index (χ0) is 15.0. The van der Waals surface area contributed by atoms with Gasteiger partial charge in [-0.25, -0.2) is 8.42 Å². The van der Waals surface area contributed by atoms with E-state index in [0.29, 0.717) is 13.0 Å². The number of ether oxygens (including phenoxy) is 2. The molecule has 1 unspecified atom stereocenters. The molecular weight excluding hydrogens is 296 g/mol. The predicted octanol–water partition coefficient (Wildman–Crippen LogP) is 0.768. The van der Waals surface area contributed by atoms with Gasteiger partial charge in [0, 0.05) is 19.2 Å². The van der Waals surface area contributed by atoms with Crippen molar-refractivity contribution in [1.82, 2.24) is 4.90 Å². The standard InChI is InChI=1S/C7H10N2O4S.C6H4O/c1-14(11,12)6-4-9-3-2-5(10)8-7(9)13-6;1-2-4-6-5(3-1)7-6/h6H,2-4H2,1H3;1-4H. The SMILES string of the molecule is CS(=O)(=O)C1CN2CCC(=O)N=C2O1.c1ccc2c(c1)O2. The summed E-state index contributed by atoms with van der Waals surface area (Å²) in [4.78, 5) is 16.2. The smallest absolute Gasteiger partial charge is 0.296 e. The van der Waals surface area contributed by atoms with Crippen molar-refractivity contribution < 1.29 is 22.7 Å². The zero-order valence-corrected chi connectivity index (χ0v) is 12.2. The fourth-order valence-electron chi connectivity index (χ4n) is 2.00. The number of amidine groups is 1. The van der Waals surface area contributed by atoms with Crippen molar-refractivity contribution in [2.45, 2.75) is 11.9 Å². The van der Waals surface area contributed by atoms with Gasteiger partial charge in [-0.3, -0.25) is 4.79 Å². The normalized spacial score (nSPS) is 22.0.